The second kappa shape index (κ2) is 6.22. The molecular formula is C12H13N8O+. The number of aromatic nitrogens is 2. The standard InChI is InChI=1S/C12H12N8O/c13-10-8(6-17-12(14)18-10)5-16-11(21)7-1-3-9(4-2-7)19-20-15/h1-4,6,15H,5H2,(H4-,13,14,16,17,18,21)/p+1. The Bertz CT molecular complexity index is 706. The van der Waals surface area contributed by atoms with Crippen LogP contribution in [0.15, 0.2) is 35.6 Å². The Morgan fingerprint density at radius 1 is 1.33 bits per heavy atom. The van der Waals surface area contributed by atoms with Crippen LogP contribution in [-0.2, 0) is 6.54 Å². The van der Waals surface area contributed by atoms with Crippen molar-refractivity contribution >= 4 is 23.4 Å². The molecule has 1 aromatic carbocycles. The van der Waals surface area contributed by atoms with Crippen molar-refractivity contribution in [1.29, 1.82) is 5.53 Å². The highest BCUT2D eigenvalue weighted by Crippen LogP contribution is 2.12. The number of rotatable bonds is 4. The Balaban J connectivity index is 2.02. The molecule has 0 spiro atoms. The lowest BCUT2D eigenvalue weighted by Crippen LogP contribution is -2.23. The lowest BCUT2D eigenvalue weighted by Gasteiger charge is -2.07. The molecule has 6 N–H and O–H groups in total. The summed E-state index contributed by atoms with van der Waals surface area (Å²) in [4.78, 5) is 22.5. The Hall–Kier alpha value is -3.32. The zero-order valence-electron chi connectivity index (χ0n) is 10.9. The third-order valence-corrected chi connectivity index (χ3v) is 2.65. The van der Waals surface area contributed by atoms with E-state index in [2.05, 4.69) is 25.3 Å². The van der Waals surface area contributed by atoms with Gasteiger partial charge in [0.2, 0.25) is 10.9 Å². The van der Waals surface area contributed by atoms with E-state index in [1.807, 2.05) is 0 Å². The SMILES string of the molecule is N=[N+]=Nc1ccc(C(=O)NCc2cnc(N)nc2N)cc1. The van der Waals surface area contributed by atoms with Crippen LogP contribution in [0.25, 0.3) is 0 Å². The van der Waals surface area contributed by atoms with Gasteiger partial charge in [-0.1, -0.05) is 0 Å². The first-order chi connectivity index (χ1) is 10.1. The van der Waals surface area contributed by atoms with Crippen LogP contribution >= 0.6 is 0 Å². The van der Waals surface area contributed by atoms with Crippen molar-refractivity contribution in [3.05, 3.63) is 41.6 Å². The van der Waals surface area contributed by atoms with Crippen molar-refractivity contribution in [1.82, 2.24) is 20.2 Å². The molecule has 0 atom stereocenters. The molecule has 2 aromatic rings. The molecule has 0 saturated heterocycles. The van der Waals surface area contributed by atoms with Crippen molar-refractivity contribution in [2.24, 2.45) is 5.11 Å². The van der Waals surface area contributed by atoms with Crippen LogP contribution in [-0.4, -0.2) is 15.9 Å². The number of anilines is 2. The van der Waals surface area contributed by atoms with E-state index < -0.39 is 0 Å². The molecule has 0 aliphatic rings. The lowest BCUT2D eigenvalue weighted by atomic mass is 10.2. The van der Waals surface area contributed by atoms with Crippen LogP contribution in [0, 0.1) is 5.53 Å². The highest BCUT2D eigenvalue weighted by Gasteiger charge is 2.08. The minimum absolute atomic E-state index is 0.0849. The number of carbonyl (C=O) groups excluding carboxylic acids is 1. The molecule has 0 bridgehead atoms. The van der Waals surface area contributed by atoms with Gasteiger partial charge < -0.3 is 16.8 Å². The lowest BCUT2D eigenvalue weighted by molar-refractivity contribution is 0.0951. The smallest absolute Gasteiger partial charge is 0.251 e. The quantitative estimate of drug-likeness (QED) is 0.481. The summed E-state index contributed by atoms with van der Waals surface area (Å²) >= 11 is 0. The van der Waals surface area contributed by atoms with Crippen LogP contribution in [0.1, 0.15) is 15.9 Å². The van der Waals surface area contributed by atoms with Crippen LogP contribution < -0.4 is 21.7 Å². The predicted molar refractivity (Wildman–Crippen MR) is 75.4 cm³/mol. The van der Waals surface area contributed by atoms with E-state index in [0.29, 0.717) is 16.8 Å². The zero-order chi connectivity index (χ0) is 15.2. The van der Waals surface area contributed by atoms with Crippen LogP contribution in [0.2, 0.25) is 0 Å². The maximum absolute atomic E-state index is 12.0. The van der Waals surface area contributed by atoms with E-state index in [-0.39, 0.29) is 24.2 Å². The summed E-state index contributed by atoms with van der Waals surface area (Å²) in [5.41, 5.74) is 19.2. The minimum Gasteiger partial charge on any atom is -0.383 e. The fourth-order valence-corrected chi connectivity index (χ4v) is 1.59. The van der Waals surface area contributed by atoms with Gasteiger partial charge in [0, 0.05) is 23.9 Å². The Kier molecular flexibility index (Phi) is 4.17. The monoisotopic (exact) mass is 285 g/mol. The summed E-state index contributed by atoms with van der Waals surface area (Å²) in [7, 11) is 0. The largest absolute Gasteiger partial charge is 0.383 e. The van der Waals surface area contributed by atoms with Crippen molar-refractivity contribution in [2.45, 2.75) is 6.54 Å². The first kappa shape index (κ1) is 14.1. The van der Waals surface area contributed by atoms with Crippen molar-refractivity contribution in [3.8, 4) is 0 Å². The molecule has 0 saturated carbocycles. The molecule has 0 aliphatic heterocycles. The topological polar surface area (TPSA) is 157 Å². The van der Waals surface area contributed by atoms with Gasteiger partial charge in [0.15, 0.2) is 10.8 Å². The summed E-state index contributed by atoms with van der Waals surface area (Å²) in [6.45, 7) is 0.194. The number of benzene rings is 1. The second-order valence-corrected chi connectivity index (χ2v) is 4.07. The number of hydrogen-bond acceptors (Lipinski definition) is 7. The molecular weight excluding hydrogens is 272 g/mol. The molecule has 0 fully saturated rings. The van der Waals surface area contributed by atoms with E-state index >= 15 is 0 Å². The fourth-order valence-electron chi connectivity index (χ4n) is 1.59. The number of amides is 1. The molecule has 9 nitrogen and oxygen atoms in total. The Labute approximate surface area is 119 Å². The molecule has 1 heterocycles. The summed E-state index contributed by atoms with van der Waals surface area (Å²) < 4.78 is 0. The maximum atomic E-state index is 12.0. The van der Waals surface area contributed by atoms with E-state index in [1.165, 1.54) is 6.20 Å². The molecule has 1 aromatic heterocycles. The first-order valence-electron chi connectivity index (χ1n) is 5.92. The number of hydrogen-bond donors (Lipinski definition) is 4. The Morgan fingerprint density at radius 2 is 2.05 bits per heavy atom. The third-order valence-electron chi connectivity index (χ3n) is 2.65. The molecule has 21 heavy (non-hydrogen) atoms. The fraction of sp³-hybridized carbons (Fsp3) is 0.0833. The molecule has 0 radical (unpaired) electrons. The maximum Gasteiger partial charge on any atom is 0.251 e. The third kappa shape index (κ3) is 3.58. The molecule has 0 aliphatic carbocycles. The number of nitrogens with one attached hydrogen (secondary N) is 2. The van der Waals surface area contributed by atoms with Gasteiger partial charge in [-0.2, -0.15) is 4.98 Å². The number of nitrogens with zero attached hydrogens (tertiary/aromatic N) is 4. The average Bonchev–Trinajstić information content (AvgIpc) is 2.47. The Morgan fingerprint density at radius 3 is 2.67 bits per heavy atom. The van der Waals surface area contributed by atoms with Gasteiger partial charge >= 0.3 is 0 Å². The average molecular weight is 285 g/mol. The van der Waals surface area contributed by atoms with Gasteiger partial charge in [0.25, 0.3) is 5.91 Å². The minimum atomic E-state index is -0.277. The van der Waals surface area contributed by atoms with Gasteiger partial charge in [-0.3, -0.25) is 4.79 Å². The van der Waals surface area contributed by atoms with Gasteiger partial charge in [-0.05, 0) is 24.3 Å². The number of carbonyl (C=O) groups is 1. The molecule has 0 unspecified atom stereocenters. The molecule has 9 heteroatoms. The summed E-state index contributed by atoms with van der Waals surface area (Å²) in [5.74, 6) is 0.0383. The predicted octanol–water partition coefficient (Wildman–Crippen LogP) is 0.753. The van der Waals surface area contributed by atoms with Crippen molar-refractivity contribution in [3.63, 3.8) is 0 Å². The van der Waals surface area contributed by atoms with Crippen molar-refractivity contribution in [2.75, 3.05) is 11.5 Å². The first-order valence-corrected chi connectivity index (χ1v) is 5.92. The van der Waals surface area contributed by atoms with Gasteiger partial charge in [0.05, 0.1) is 0 Å². The highest BCUT2D eigenvalue weighted by molar-refractivity contribution is 5.94. The molecule has 2 rings (SSSR count). The summed E-state index contributed by atoms with van der Waals surface area (Å²) in [6, 6.07) is 6.35. The van der Waals surface area contributed by atoms with Crippen LogP contribution in [0.4, 0.5) is 17.5 Å². The second-order valence-electron chi connectivity index (χ2n) is 4.07. The van der Waals surface area contributed by atoms with Gasteiger partial charge in [0.1, 0.15) is 11.3 Å². The normalized spacial score (nSPS) is 9.71. The zero-order valence-corrected chi connectivity index (χ0v) is 10.9. The molecule has 106 valence electrons. The van der Waals surface area contributed by atoms with Crippen LogP contribution in [0.3, 0.4) is 0 Å². The van der Waals surface area contributed by atoms with Gasteiger partial charge in [-0.15, -0.1) is 0 Å². The van der Waals surface area contributed by atoms with E-state index in [0.717, 1.165) is 0 Å². The van der Waals surface area contributed by atoms with E-state index in [1.54, 1.807) is 24.3 Å². The highest BCUT2D eigenvalue weighted by atomic mass is 16.1. The van der Waals surface area contributed by atoms with Crippen LogP contribution in [0.5, 0.6) is 0 Å². The molecule has 1 amide bonds. The summed E-state index contributed by atoms with van der Waals surface area (Å²) in [5, 5.41) is 6.23. The number of nitrogens with two attached hydrogens (primary N) is 2. The summed E-state index contributed by atoms with van der Waals surface area (Å²) in [6.07, 6.45) is 1.47. The van der Waals surface area contributed by atoms with Gasteiger partial charge in [-0.25, -0.2) is 4.98 Å². The van der Waals surface area contributed by atoms with E-state index in [4.69, 9.17) is 17.0 Å². The number of nitrogen functional groups attached to an aromatic ring is 2. The van der Waals surface area contributed by atoms with E-state index in [9.17, 15) is 4.79 Å². The van der Waals surface area contributed by atoms with Crippen molar-refractivity contribution < 1.29 is 4.79 Å².